The molecule has 0 bridgehead atoms. The predicted octanol–water partition coefficient (Wildman–Crippen LogP) is 5.20. The van der Waals surface area contributed by atoms with E-state index in [0.29, 0.717) is 5.92 Å². The van der Waals surface area contributed by atoms with Gasteiger partial charge in [-0.3, -0.25) is 0 Å². The fraction of sp³-hybridized carbons (Fsp3) is 0.500. The first-order valence-electron chi connectivity index (χ1n) is 6.51. The third-order valence-electron chi connectivity index (χ3n) is 2.92. The Morgan fingerprint density at radius 1 is 0.938 bits per heavy atom. The molecule has 16 heavy (non-hydrogen) atoms. The van der Waals surface area contributed by atoms with Gasteiger partial charge in [-0.25, -0.2) is 0 Å². The van der Waals surface area contributed by atoms with Crippen molar-refractivity contribution < 1.29 is 0 Å². The van der Waals surface area contributed by atoms with E-state index in [1.807, 2.05) is 6.08 Å². The lowest BCUT2D eigenvalue weighted by Crippen LogP contribution is -1.94. The Labute approximate surface area is 100 Å². The lowest BCUT2D eigenvalue weighted by molar-refractivity contribution is 0.604. The predicted molar refractivity (Wildman–Crippen MR) is 73.4 cm³/mol. The summed E-state index contributed by atoms with van der Waals surface area (Å²) in [7, 11) is 0. The van der Waals surface area contributed by atoms with Crippen LogP contribution < -0.4 is 0 Å². The van der Waals surface area contributed by atoms with Crippen molar-refractivity contribution in [1.29, 1.82) is 0 Å². The van der Waals surface area contributed by atoms with Gasteiger partial charge < -0.3 is 0 Å². The summed E-state index contributed by atoms with van der Waals surface area (Å²) in [5.41, 5.74) is 0. The van der Waals surface area contributed by atoms with E-state index in [1.165, 1.54) is 38.5 Å². The Hall–Kier alpha value is -1.04. The van der Waals surface area contributed by atoms with Crippen molar-refractivity contribution >= 4 is 0 Å². The third-order valence-corrected chi connectivity index (χ3v) is 2.92. The van der Waals surface area contributed by atoms with Crippen LogP contribution in [0.15, 0.2) is 49.1 Å². The molecule has 1 aliphatic carbocycles. The van der Waals surface area contributed by atoms with E-state index in [2.05, 4.69) is 43.0 Å². The molecule has 0 radical (unpaired) electrons. The molecule has 0 fully saturated rings. The Balaban J connectivity index is 2.46. The minimum absolute atomic E-state index is 0.706. The average Bonchev–Trinajstić information content (AvgIpc) is 2.28. The van der Waals surface area contributed by atoms with Crippen molar-refractivity contribution in [1.82, 2.24) is 0 Å². The summed E-state index contributed by atoms with van der Waals surface area (Å²) in [6.07, 6.45) is 24.3. The van der Waals surface area contributed by atoms with E-state index in [1.54, 1.807) is 0 Å². The molecule has 1 rings (SSSR count). The zero-order valence-corrected chi connectivity index (χ0v) is 10.3. The molecule has 88 valence electrons. The molecule has 1 atom stereocenters. The minimum Gasteiger partial charge on any atom is -0.103 e. The van der Waals surface area contributed by atoms with E-state index in [-0.39, 0.29) is 0 Å². The van der Waals surface area contributed by atoms with Crippen LogP contribution in [0.4, 0.5) is 0 Å². The number of allylic oxidation sites excluding steroid dienone is 7. The number of hydrogen-bond acceptors (Lipinski definition) is 0. The Bertz CT molecular complexity index is 255. The lowest BCUT2D eigenvalue weighted by atomic mass is 9.97. The molecule has 0 aliphatic heterocycles. The van der Waals surface area contributed by atoms with Gasteiger partial charge >= 0.3 is 0 Å². The molecule has 1 unspecified atom stereocenters. The summed E-state index contributed by atoms with van der Waals surface area (Å²) in [6, 6.07) is 0. The molecule has 0 spiro atoms. The van der Waals surface area contributed by atoms with E-state index in [9.17, 15) is 0 Å². The fourth-order valence-corrected chi connectivity index (χ4v) is 1.92. The Morgan fingerprint density at radius 2 is 1.56 bits per heavy atom. The standard InChI is InChI=1S/C16H24/c1-2-3-13-16-14-11-9-7-5-4-6-8-10-12-15-16/h2,4-5,10-12,14,16H,1,3,6-9,13,15H2/b5-4-,12-10-,14-11-. The van der Waals surface area contributed by atoms with Crippen LogP contribution in [0.1, 0.15) is 44.9 Å². The summed E-state index contributed by atoms with van der Waals surface area (Å²) in [5, 5.41) is 0. The van der Waals surface area contributed by atoms with Crippen molar-refractivity contribution in [2.75, 3.05) is 0 Å². The van der Waals surface area contributed by atoms with Crippen LogP contribution >= 0.6 is 0 Å². The molecule has 0 aromatic heterocycles. The Kier molecular flexibility index (Phi) is 7.49. The maximum absolute atomic E-state index is 3.80. The lowest BCUT2D eigenvalue weighted by Gasteiger charge is -2.08. The average molecular weight is 216 g/mol. The summed E-state index contributed by atoms with van der Waals surface area (Å²) in [5.74, 6) is 0.706. The van der Waals surface area contributed by atoms with Gasteiger partial charge in [0.2, 0.25) is 0 Å². The Morgan fingerprint density at radius 3 is 2.25 bits per heavy atom. The van der Waals surface area contributed by atoms with Crippen molar-refractivity contribution in [3.8, 4) is 0 Å². The highest BCUT2D eigenvalue weighted by atomic mass is 14.1. The van der Waals surface area contributed by atoms with Gasteiger partial charge in [0.1, 0.15) is 0 Å². The van der Waals surface area contributed by atoms with Crippen LogP contribution in [0.25, 0.3) is 0 Å². The van der Waals surface area contributed by atoms with Crippen LogP contribution in [-0.2, 0) is 0 Å². The molecule has 0 saturated heterocycles. The van der Waals surface area contributed by atoms with Gasteiger partial charge in [-0.15, -0.1) is 6.58 Å². The second-order valence-electron chi connectivity index (χ2n) is 4.39. The monoisotopic (exact) mass is 216 g/mol. The first kappa shape index (κ1) is 13.0. The van der Waals surface area contributed by atoms with Crippen molar-refractivity contribution in [3.63, 3.8) is 0 Å². The molecule has 0 nitrogen and oxygen atoms in total. The molecule has 0 heteroatoms. The van der Waals surface area contributed by atoms with Gasteiger partial charge in [0.15, 0.2) is 0 Å². The molecule has 0 amide bonds. The summed E-state index contributed by atoms with van der Waals surface area (Å²) < 4.78 is 0. The molecule has 0 heterocycles. The maximum Gasteiger partial charge on any atom is -0.0196 e. The highest BCUT2D eigenvalue weighted by Crippen LogP contribution is 2.16. The quantitative estimate of drug-likeness (QED) is 0.569. The van der Waals surface area contributed by atoms with Crippen molar-refractivity contribution in [2.45, 2.75) is 44.9 Å². The zero-order chi connectivity index (χ0) is 11.5. The maximum atomic E-state index is 3.80. The molecule has 0 saturated carbocycles. The zero-order valence-electron chi connectivity index (χ0n) is 10.3. The largest absolute Gasteiger partial charge is 0.103 e. The second-order valence-corrected chi connectivity index (χ2v) is 4.39. The van der Waals surface area contributed by atoms with Crippen molar-refractivity contribution in [2.24, 2.45) is 5.92 Å². The van der Waals surface area contributed by atoms with E-state index in [0.717, 1.165) is 6.42 Å². The van der Waals surface area contributed by atoms with Gasteiger partial charge in [-0.05, 0) is 50.9 Å². The minimum atomic E-state index is 0.706. The van der Waals surface area contributed by atoms with Crippen LogP contribution in [0, 0.1) is 5.92 Å². The highest BCUT2D eigenvalue weighted by Gasteiger charge is 2.00. The van der Waals surface area contributed by atoms with Crippen LogP contribution in [0.2, 0.25) is 0 Å². The SMILES string of the molecule is C=CCCC1/C=C\CC/C=C\CC/C=C\C1. The molecule has 0 aromatic carbocycles. The van der Waals surface area contributed by atoms with E-state index < -0.39 is 0 Å². The number of rotatable bonds is 3. The molecular formula is C16H24. The first-order valence-corrected chi connectivity index (χ1v) is 6.51. The third kappa shape index (κ3) is 6.44. The molecule has 0 aromatic rings. The summed E-state index contributed by atoms with van der Waals surface area (Å²) in [6.45, 7) is 3.80. The van der Waals surface area contributed by atoms with Crippen LogP contribution in [0.5, 0.6) is 0 Å². The van der Waals surface area contributed by atoms with Crippen molar-refractivity contribution in [3.05, 3.63) is 49.1 Å². The fourth-order valence-electron chi connectivity index (χ4n) is 1.92. The van der Waals surface area contributed by atoms with Crippen LogP contribution in [0.3, 0.4) is 0 Å². The summed E-state index contributed by atoms with van der Waals surface area (Å²) in [4.78, 5) is 0. The van der Waals surface area contributed by atoms with Gasteiger partial charge in [-0.1, -0.05) is 42.5 Å². The number of hydrogen-bond donors (Lipinski definition) is 0. The van der Waals surface area contributed by atoms with E-state index >= 15 is 0 Å². The van der Waals surface area contributed by atoms with Gasteiger partial charge in [0, 0.05) is 0 Å². The van der Waals surface area contributed by atoms with Crippen LogP contribution in [-0.4, -0.2) is 0 Å². The van der Waals surface area contributed by atoms with Gasteiger partial charge in [0.25, 0.3) is 0 Å². The highest BCUT2D eigenvalue weighted by molar-refractivity contribution is 4.98. The second kappa shape index (κ2) is 9.21. The van der Waals surface area contributed by atoms with Gasteiger partial charge in [-0.2, -0.15) is 0 Å². The topological polar surface area (TPSA) is 0 Å². The van der Waals surface area contributed by atoms with Gasteiger partial charge in [0.05, 0.1) is 0 Å². The first-order chi connectivity index (χ1) is 7.93. The normalized spacial score (nSPS) is 28.4. The molecular weight excluding hydrogens is 192 g/mol. The molecule has 1 aliphatic rings. The molecule has 0 N–H and O–H groups in total. The summed E-state index contributed by atoms with van der Waals surface area (Å²) >= 11 is 0. The van der Waals surface area contributed by atoms with E-state index in [4.69, 9.17) is 0 Å². The smallest absolute Gasteiger partial charge is 0.0196 e.